The van der Waals surface area contributed by atoms with Crippen LogP contribution in [0.4, 0.5) is 5.69 Å². The highest BCUT2D eigenvalue weighted by atomic mass is 16.5. The molecule has 0 atom stereocenters. The second-order valence-corrected chi connectivity index (χ2v) is 5.13. The minimum atomic E-state index is -0.122. The van der Waals surface area contributed by atoms with E-state index in [0.29, 0.717) is 17.8 Å². The highest BCUT2D eigenvalue weighted by molar-refractivity contribution is 6.00. The van der Waals surface area contributed by atoms with Crippen molar-refractivity contribution in [2.45, 2.75) is 13.0 Å². The van der Waals surface area contributed by atoms with Crippen molar-refractivity contribution in [1.29, 1.82) is 0 Å². The molecule has 2 aromatic carbocycles. The van der Waals surface area contributed by atoms with Crippen LogP contribution < -0.4 is 15.4 Å². The van der Waals surface area contributed by atoms with Gasteiger partial charge in [-0.1, -0.05) is 18.2 Å². The van der Waals surface area contributed by atoms with Gasteiger partial charge in [0.15, 0.2) is 0 Å². The summed E-state index contributed by atoms with van der Waals surface area (Å²) in [5, 5.41) is 5.57. The van der Waals surface area contributed by atoms with Gasteiger partial charge in [-0.15, -0.1) is 0 Å². The molecule has 0 saturated carbocycles. The Bertz CT molecular complexity index is 723. The standard InChI is InChI=1S/C17H16N2O3/c1-22-14-6-2-11(3-7-14)8-16(20)19-13-5-4-12-10-18-17(21)15(12)9-13/h2-7,9H,8,10H2,1H3,(H,18,21)(H,19,20). The topological polar surface area (TPSA) is 67.4 Å². The zero-order chi connectivity index (χ0) is 15.5. The quantitative estimate of drug-likeness (QED) is 0.908. The van der Waals surface area contributed by atoms with Gasteiger partial charge in [0.05, 0.1) is 13.5 Å². The number of hydrogen-bond donors (Lipinski definition) is 2. The highest BCUT2D eigenvalue weighted by Crippen LogP contribution is 2.20. The van der Waals surface area contributed by atoms with E-state index in [2.05, 4.69) is 10.6 Å². The fourth-order valence-electron chi connectivity index (χ4n) is 2.42. The molecule has 3 rings (SSSR count). The van der Waals surface area contributed by atoms with Gasteiger partial charge in [-0.25, -0.2) is 0 Å². The van der Waals surface area contributed by atoms with Gasteiger partial charge in [0.2, 0.25) is 5.91 Å². The van der Waals surface area contributed by atoms with Gasteiger partial charge < -0.3 is 15.4 Å². The summed E-state index contributed by atoms with van der Waals surface area (Å²) in [6.07, 6.45) is 0.271. The number of carbonyl (C=O) groups is 2. The number of hydrogen-bond acceptors (Lipinski definition) is 3. The second-order valence-electron chi connectivity index (χ2n) is 5.13. The van der Waals surface area contributed by atoms with Gasteiger partial charge in [-0.2, -0.15) is 0 Å². The molecule has 2 amide bonds. The molecule has 2 N–H and O–H groups in total. The van der Waals surface area contributed by atoms with Crippen LogP contribution in [0.5, 0.6) is 5.75 Å². The lowest BCUT2D eigenvalue weighted by Crippen LogP contribution is -2.15. The number of nitrogens with one attached hydrogen (secondary N) is 2. The number of amides is 2. The Morgan fingerprint density at radius 3 is 2.73 bits per heavy atom. The molecule has 0 bridgehead atoms. The zero-order valence-corrected chi connectivity index (χ0v) is 12.2. The van der Waals surface area contributed by atoms with Crippen LogP contribution in [0.15, 0.2) is 42.5 Å². The number of fused-ring (bicyclic) bond motifs is 1. The number of methoxy groups -OCH3 is 1. The largest absolute Gasteiger partial charge is 0.497 e. The van der Waals surface area contributed by atoms with E-state index >= 15 is 0 Å². The van der Waals surface area contributed by atoms with Gasteiger partial charge in [0.25, 0.3) is 5.91 Å². The molecular formula is C17H16N2O3. The Labute approximate surface area is 128 Å². The minimum Gasteiger partial charge on any atom is -0.497 e. The van der Waals surface area contributed by atoms with Crippen molar-refractivity contribution >= 4 is 17.5 Å². The van der Waals surface area contributed by atoms with Crippen LogP contribution in [0.3, 0.4) is 0 Å². The van der Waals surface area contributed by atoms with Crippen molar-refractivity contribution in [2.75, 3.05) is 12.4 Å². The maximum absolute atomic E-state index is 12.1. The van der Waals surface area contributed by atoms with Crippen LogP contribution in [0.2, 0.25) is 0 Å². The van der Waals surface area contributed by atoms with Crippen LogP contribution in [-0.4, -0.2) is 18.9 Å². The minimum absolute atomic E-state index is 0.0961. The van der Waals surface area contributed by atoms with Crippen LogP contribution in [-0.2, 0) is 17.8 Å². The van der Waals surface area contributed by atoms with Crippen molar-refractivity contribution in [3.8, 4) is 5.75 Å². The molecule has 5 heteroatoms. The molecule has 0 fully saturated rings. The SMILES string of the molecule is COc1ccc(CC(=O)Nc2ccc3c(c2)C(=O)NC3)cc1. The van der Waals surface area contributed by atoms with E-state index in [1.54, 1.807) is 13.2 Å². The Kier molecular flexibility index (Phi) is 3.78. The van der Waals surface area contributed by atoms with Crippen molar-refractivity contribution in [3.05, 3.63) is 59.2 Å². The van der Waals surface area contributed by atoms with E-state index < -0.39 is 0 Å². The highest BCUT2D eigenvalue weighted by Gasteiger charge is 2.19. The van der Waals surface area contributed by atoms with Gasteiger partial charge in [0, 0.05) is 17.8 Å². The summed E-state index contributed by atoms with van der Waals surface area (Å²) in [6, 6.07) is 12.7. The molecule has 1 aliphatic heterocycles. The predicted molar refractivity (Wildman–Crippen MR) is 82.9 cm³/mol. The fourth-order valence-corrected chi connectivity index (χ4v) is 2.42. The first kappa shape index (κ1) is 14.1. The molecule has 0 unspecified atom stereocenters. The number of ether oxygens (including phenoxy) is 1. The first-order valence-electron chi connectivity index (χ1n) is 6.99. The van der Waals surface area contributed by atoms with E-state index in [4.69, 9.17) is 4.74 Å². The Balaban J connectivity index is 1.66. The molecule has 1 aliphatic rings. The summed E-state index contributed by atoms with van der Waals surface area (Å²) in [5.41, 5.74) is 3.12. The van der Waals surface area contributed by atoms with Crippen molar-refractivity contribution in [3.63, 3.8) is 0 Å². The van der Waals surface area contributed by atoms with Crippen molar-refractivity contribution < 1.29 is 14.3 Å². The van der Waals surface area contributed by atoms with Crippen molar-refractivity contribution in [1.82, 2.24) is 5.32 Å². The summed E-state index contributed by atoms with van der Waals surface area (Å²) < 4.78 is 5.08. The molecule has 1 heterocycles. The lowest BCUT2D eigenvalue weighted by molar-refractivity contribution is -0.115. The maximum Gasteiger partial charge on any atom is 0.251 e. The Morgan fingerprint density at radius 2 is 2.00 bits per heavy atom. The molecule has 0 radical (unpaired) electrons. The summed E-state index contributed by atoms with van der Waals surface area (Å²) in [4.78, 5) is 23.7. The molecule has 22 heavy (non-hydrogen) atoms. The third-order valence-corrected chi connectivity index (χ3v) is 3.60. The van der Waals surface area contributed by atoms with Gasteiger partial charge in [0.1, 0.15) is 5.75 Å². The summed E-state index contributed by atoms with van der Waals surface area (Å²) in [5.74, 6) is 0.540. The zero-order valence-electron chi connectivity index (χ0n) is 12.2. The molecule has 0 spiro atoms. The average Bonchev–Trinajstić information content (AvgIpc) is 2.89. The molecule has 112 valence electrons. The van der Waals surface area contributed by atoms with E-state index in [0.717, 1.165) is 16.9 Å². The number of carbonyl (C=O) groups excluding carboxylic acids is 2. The Hall–Kier alpha value is -2.82. The van der Waals surface area contributed by atoms with Crippen LogP contribution in [0, 0.1) is 0 Å². The van der Waals surface area contributed by atoms with Crippen molar-refractivity contribution in [2.24, 2.45) is 0 Å². The maximum atomic E-state index is 12.1. The predicted octanol–water partition coefficient (Wildman–Crippen LogP) is 2.12. The molecule has 2 aromatic rings. The van der Waals surface area contributed by atoms with Gasteiger partial charge in [-0.3, -0.25) is 9.59 Å². The monoisotopic (exact) mass is 296 g/mol. The molecule has 0 aliphatic carbocycles. The number of benzene rings is 2. The van der Waals surface area contributed by atoms with E-state index in [1.807, 2.05) is 36.4 Å². The van der Waals surface area contributed by atoms with E-state index in [9.17, 15) is 9.59 Å². The third kappa shape index (κ3) is 2.93. The average molecular weight is 296 g/mol. The van der Waals surface area contributed by atoms with Gasteiger partial charge >= 0.3 is 0 Å². The number of rotatable bonds is 4. The summed E-state index contributed by atoms with van der Waals surface area (Å²) in [7, 11) is 1.60. The molecule has 0 aromatic heterocycles. The lowest BCUT2D eigenvalue weighted by Gasteiger charge is -2.07. The summed E-state index contributed by atoms with van der Waals surface area (Å²) in [6.45, 7) is 0.550. The van der Waals surface area contributed by atoms with E-state index in [-0.39, 0.29) is 18.2 Å². The summed E-state index contributed by atoms with van der Waals surface area (Å²) >= 11 is 0. The van der Waals surface area contributed by atoms with E-state index in [1.165, 1.54) is 0 Å². The first-order valence-corrected chi connectivity index (χ1v) is 6.99. The van der Waals surface area contributed by atoms with Crippen LogP contribution in [0.1, 0.15) is 21.5 Å². The van der Waals surface area contributed by atoms with Crippen LogP contribution >= 0.6 is 0 Å². The lowest BCUT2D eigenvalue weighted by atomic mass is 10.1. The normalized spacial score (nSPS) is 12.5. The number of anilines is 1. The fraction of sp³-hybridized carbons (Fsp3) is 0.176. The molecule has 0 saturated heterocycles. The molecular weight excluding hydrogens is 280 g/mol. The Morgan fingerprint density at radius 1 is 1.23 bits per heavy atom. The smallest absolute Gasteiger partial charge is 0.251 e. The van der Waals surface area contributed by atoms with Crippen LogP contribution in [0.25, 0.3) is 0 Å². The first-order chi connectivity index (χ1) is 10.7. The van der Waals surface area contributed by atoms with Gasteiger partial charge in [-0.05, 0) is 35.4 Å². The molecule has 5 nitrogen and oxygen atoms in total. The second kappa shape index (κ2) is 5.89. The third-order valence-electron chi connectivity index (χ3n) is 3.60.